The second-order valence-corrected chi connectivity index (χ2v) is 6.06. The van der Waals surface area contributed by atoms with Crippen LogP contribution in [-0.4, -0.2) is 27.9 Å². The summed E-state index contributed by atoms with van der Waals surface area (Å²) in [5, 5.41) is 1.09. The molecule has 0 spiro atoms. The molecule has 1 aromatic heterocycles. The molecule has 0 atom stereocenters. The summed E-state index contributed by atoms with van der Waals surface area (Å²) in [5.74, 6) is -0.169. The Morgan fingerprint density at radius 3 is 2.86 bits per heavy atom. The van der Waals surface area contributed by atoms with E-state index >= 15 is 0 Å². The third kappa shape index (κ3) is 3.65. The van der Waals surface area contributed by atoms with Crippen LogP contribution < -0.4 is 5.56 Å². The van der Waals surface area contributed by atoms with Crippen LogP contribution >= 0.6 is 27.7 Å². The van der Waals surface area contributed by atoms with E-state index in [-0.39, 0.29) is 17.3 Å². The lowest BCUT2D eigenvalue weighted by atomic mass is 10.2. The first-order valence-corrected chi connectivity index (χ1v) is 8.33. The number of hydrogen-bond acceptors (Lipinski definition) is 5. The highest BCUT2D eigenvalue weighted by atomic mass is 79.9. The fourth-order valence-corrected chi connectivity index (χ4v) is 3.11. The topological polar surface area (TPSA) is 61.2 Å². The lowest BCUT2D eigenvalue weighted by Gasteiger charge is -2.11. The first kappa shape index (κ1) is 16.0. The Hall–Kier alpha value is -1.34. The molecule has 0 saturated carbocycles. The molecule has 0 radical (unpaired) electrons. The van der Waals surface area contributed by atoms with Crippen molar-refractivity contribution in [2.75, 3.05) is 12.4 Å². The number of rotatable bonds is 5. The number of hydrogen-bond donors (Lipinski definition) is 0. The number of esters is 1. The molecule has 1 heterocycles. The van der Waals surface area contributed by atoms with Crippen LogP contribution in [0, 0.1) is 0 Å². The fraction of sp³-hybridized carbons (Fsp3) is 0.357. The fourth-order valence-electron chi connectivity index (χ4n) is 1.89. The smallest absolute Gasteiger partial charge is 0.316 e. The van der Waals surface area contributed by atoms with Gasteiger partial charge in [0.05, 0.1) is 23.3 Å². The number of halogens is 1. The number of carbonyl (C=O) groups excluding carboxylic acids is 1. The first-order chi connectivity index (χ1) is 10.1. The van der Waals surface area contributed by atoms with E-state index in [9.17, 15) is 9.59 Å². The molecule has 1 aromatic carbocycles. The predicted octanol–water partition coefficient (Wildman–Crippen LogP) is 2.83. The minimum atomic E-state index is -0.310. The second kappa shape index (κ2) is 7.09. The first-order valence-electron chi connectivity index (χ1n) is 6.55. The van der Waals surface area contributed by atoms with Gasteiger partial charge < -0.3 is 4.74 Å². The number of carbonyl (C=O) groups is 1. The number of nitrogens with zero attached hydrogens (tertiary/aromatic N) is 2. The van der Waals surface area contributed by atoms with Gasteiger partial charge in [-0.25, -0.2) is 4.98 Å². The van der Waals surface area contributed by atoms with Gasteiger partial charge in [0.1, 0.15) is 0 Å². The van der Waals surface area contributed by atoms with Gasteiger partial charge in [0.15, 0.2) is 5.16 Å². The molecule has 0 unspecified atom stereocenters. The molecule has 0 aliphatic heterocycles. The van der Waals surface area contributed by atoms with Crippen molar-refractivity contribution in [3.05, 3.63) is 33.0 Å². The van der Waals surface area contributed by atoms with Crippen molar-refractivity contribution < 1.29 is 9.53 Å². The number of ether oxygens (including phenoxy) is 1. The molecule has 0 amide bonds. The average molecular weight is 371 g/mol. The second-order valence-electron chi connectivity index (χ2n) is 4.20. The Balaban J connectivity index is 2.41. The molecule has 0 aliphatic carbocycles. The van der Waals surface area contributed by atoms with Gasteiger partial charge in [-0.15, -0.1) is 0 Å². The van der Waals surface area contributed by atoms with Crippen molar-refractivity contribution in [3.63, 3.8) is 0 Å². The van der Waals surface area contributed by atoms with E-state index in [1.165, 1.54) is 11.8 Å². The molecule has 112 valence electrons. The highest BCUT2D eigenvalue weighted by Crippen LogP contribution is 2.20. The van der Waals surface area contributed by atoms with Gasteiger partial charge in [0, 0.05) is 11.0 Å². The number of aromatic nitrogens is 2. The molecule has 2 aromatic rings. The molecular formula is C14H15BrN2O3S. The molecule has 0 saturated heterocycles. The molecule has 0 aliphatic rings. The van der Waals surface area contributed by atoms with E-state index < -0.39 is 0 Å². The summed E-state index contributed by atoms with van der Waals surface area (Å²) < 4.78 is 7.29. The van der Waals surface area contributed by atoms with Crippen molar-refractivity contribution >= 4 is 44.6 Å². The Bertz CT molecular complexity index is 730. The summed E-state index contributed by atoms with van der Waals surface area (Å²) in [4.78, 5) is 28.4. The maximum Gasteiger partial charge on any atom is 0.316 e. The number of thioether (sulfide) groups is 1. The summed E-state index contributed by atoms with van der Waals surface area (Å²) in [6.07, 6.45) is 0. The van der Waals surface area contributed by atoms with Crippen LogP contribution in [0.25, 0.3) is 10.9 Å². The maximum atomic E-state index is 12.5. The van der Waals surface area contributed by atoms with Gasteiger partial charge in [-0.1, -0.05) is 27.7 Å². The largest absolute Gasteiger partial charge is 0.465 e. The van der Waals surface area contributed by atoms with Crippen LogP contribution in [0.4, 0.5) is 0 Å². The summed E-state index contributed by atoms with van der Waals surface area (Å²) >= 11 is 4.57. The Morgan fingerprint density at radius 2 is 2.19 bits per heavy atom. The molecular weight excluding hydrogens is 356 g/mol. The van der Waals surface area contributed by atoms with Crippen molar-refractivity contribution in [3.8, 4) is 0 Å². The normalized spacial score (nSPS) is 10.8. The molecule has 0 bridgehead atoms. The van der Waals surface area contributed by atoms with E-state index in [0.29, 0.717) is 29.2 Å². The van der Waals surface area contributed by atoms with Crippen LogP contribution in [0.1, 0.15) is 13.8 Å². The van der Waals surface area contributed by atoms with Gasteiger partial charge in [-0.3, -0.25) is 14.2 Å². The molecule has 0 fully saturated rings. The highest BCUT2D eigenvalue weighted by molar-refractivity contribution is 9.10. The van der Waals surface area contributed by atoms with Crippen LogP contribution in [0.15, 0.2) is 32.6 Å². The Kier molecular flexibility index (Phi) is 5.41. The zero-order valence-electron chi connectivity index (χ0n) is 11.8. The standard InChI is InChI=1S/C14H15BrN2O3S/c1-3-17-13(19)10-7-9(15)5-6-11(10)16-14(17)21-8-12(18)20-4-2/h5-7H,3-4,8H2,1-2H3. The molecule has 21 heavy (non-hydrogen) atoms. The minimum absolute atomic E-state index is 0.102. The lowest BCUT2D eigenvalue weighted by molar-refractivity contribution is -0.139. The van der Waals surface area contributed by atoms with Crippen LogP contribution in [0.3, 0.4) is 0 Å². The van der Waals surface area contributed by atoms with Gasteiger partial charge in [0.25, 0.3) is 5.56 Å². The van der Waals surface area contributed by atoms with Crippen molar-refractivity contribution in [1.29, 1.82) is 0 Å². The van der Waals surface area contributed by atoms with Crippen LogP contribution in [-0.2, 0) is 16.1 Å². The zero-order valence-corrected chi connectivity index (χ0v) is 14.2. The summed E-state index contributed by atoms with van der Waals surface area (Å²) in [7, 11) is 0. The molecule has 7 heteroatoms. The molecule has 2 rings (SSSR count). The third-order valence-electron chi connectivity index (χ3n) is 2.82. The van der Waals surface area contributed by atoms with E-state index in [0.717, 1.165) is 4.47 Å². The van der Waals surface area contributed by atoms with E-state index in [2.05, 4.69) is 20.9 Å². The quantitative estimate of drug-likeness (QED) is 0.460. The molecule has 0 N–H and O–H groups in total. The molecule has 5 nitrogen and oxygen atoms in total. The van der Waals surface area contributed by atoms with Crippen LogP contribution in [0.5, 0.6) is 0 Å². The summed E-state index contributed by atoms with van der Waals surface area (Å²) in [6.45, 7) is 4.48. The van der Waals surface area contributed by atoms with Gasteiger partial charge in [-0.05, 0) is 32.0 Å². The Morgan fingerprint density at radius 1 is 1.43 bits per heavy atom. The minimum Gasteiger partial charge on any atom is -0.465 e. The highest BCUT2D eigenvalue weighted by Gasteiger charge is 2.12. The summed E-state index contributed by atoms with van der Waals surface area (Å²) in [6, 6.07) is 5.39. The van der Waals surface area contributed by atoms with Crippen molar-refractivity contribution in [2.45, 2.75) is 25.5 Å². The van der Waals surface area contributed by atoms with E-state index in [1.807, 2.05) is 13.0 Å². The zero-order chi connectivity index (χ0) is 15.4. The van der Waals surface area contributed by atoms with Gasteiger partial charge in [-0.2, -0.15) is 0 Å². The van der Waals surface area contributed by atoms with Crippen LogP contribution in [0.2, 0.25) is 0 Å². The number of benzene rings is 1. The van der Waals surface area contributed by atoms with E-state index in [4.69, 9.17) is 4.74 Å². The SMILES string of the molecule is CCOC(=O)CSc1nc2ccc(Br)cc2c(=O)n1CC. The van der Waals surface area contributed by atoms with Gasteiger partial charge in [0.2, 0.25) is 0 Å². The van der Waals surface area contributed by atoms with Gasteiger partial charge >= 0.3 is 5.97 Å². The van der Waals surface area contributed by atoms with E-state index in [1.54, 1.807) is 23.6 Å². The maximum absolute atomic E-state index is 12.5. The monoisotopic (exact) mass is 370 g/mol. The predicted molar refractivity (Wildman–Crippen MR) is 86.7 cm³/mol. The average Bonchev–Trinajstić information content (AvgIpc) is 2.46. The van der Waals surface area contributed by atoms with Crippen molar-refractivity contribution in [2.24, 2.45) is 0 Å². The third-order valence-corrected chi connectivity index (χ3v) is 4.26. The number of fused-ring (bicyclic) bond motifs is 1. The lowest BCUT2D eigenvalue weighted by Crippen LogP contribution is -2.23. The van der Waals surface area contributed by atoms with Crippen molar-refractivity contribution in [1.82, 2.24) is 9.55 Å². The summed E-state index contributed by atoms with van der Waals surface area (Å²) in [5.41, 5.74) is 0.523. The Labute approximate surface area is 134 Å².